The van der Waals surface area contributed by atoms with Crippen molar-refractivity contribution in [1.82, 2.24) is 19.6 Å². The van der Waals surface area contributed by atoms with Gasteiger partial charge in [-0.2, -0.15) is 5.10 Å². The van der Waals surface area contributed by atoms with Gasteiger partial charge in [-0.05, 0) is 40.0 Å². The second-order valence-corrected chi connectivity index (χ2v) is 8.05. The van der Waals surface area contributed by atoms with Crippen molar-refractivity contribution in [2.24, 2.45) is 7.05 Å². The molecule has 0 saturated heterocycles. The van der Waals surface area contributed by atoms with Gasteiger partial charge < -0.3 is 14.5 Å². The van der Waals surface area contributed by atoms with Crippen LogP contribution < -0.4 is 0 Å². The minimum Gasteiger partial charge on any atom is -0.444 e. The number of nitrogens with zero attached hydrogens (tertiary/aromatic N) is 4. The first-order valence-corrected chi connectivity index (χ1v) is 8.97. The Morgan fingerprint density at radius 3 is 2.52 bits per heavy atom. The van der Waals surface area contributed by atoms with Crippen molar-refractivity contribution in [3.8, 4) is 0 Å². The zero-order valence-electron chi connectivity index (χ0n) is 15.8. The molecule has 1 aliphatic carbocycles. The summed E-state index contributed by atoms with van der Waals surface area (Å²) in [4.78, 5) is 28.7. The molecule has 7 heteroatoms. The molecular formula is C18H28N4O3. The van der Waals surface area contributed by atoms with Gasteiger partial charge in [-0.3, -0.25) is 9.48 Å². The van der Waals surface area contributed by atoms with Crippen LogP contribution in [-0.2, 0) is 24.8 Å². The highest BCUT2D eigenvalue weighted by Crippen LogP contribution is 2.28. The molecule has 0 bridgehead atoms. The van der Waals surface area contributed by atoms with Crippen LogP contribution in [0.25, 0.3) is 0 Å². The van der Waals surface area contributed by atoms with Gasteiger partial charge in [0.05, 0.1) is 6.54 Å². The van der Waals surface area contributed by atoms with E-state index in [4.69, 9.17) is 4.74 Å². The number of fused-ring (bicyclic) bond motifs is 1. The van der Waals surface area contributed by atoms with Crippen LogP contribution in [0.4, 0.5) is 4.79 Å². The van der Waals surface area contributed by atoms with Crippen molar-refractivity contribution < 1.29 is 14.3 Å². The summed E-state index contributed by atoms with van der Waals surface area (Å²) in [6.07, 6.45) is 3.63. The zero-order valence-corrected chi connectivity index (χ0v) is 15.8. The molecule has 1 aliphatic heterocycles. The maximum atomic E-state index is 12.9. The van der Waals surface area contributed by atoms with E-state index in [0.717, 1.165) is 24.1 Å². The normalized spacial score (nSPS) is 17.7. The van der Waals surface area contributed by atoms with Crippen molar-refractivity contribution in [2.45, 2.75) is 64.6 Å². The van der Waals surface area contributed by atoms with Crippen LogP contribution >= 0.6 is 0 Å². The largest absolute Gasteiger partial charge is 0.444 e. The molecule has 1 aromatic rings. The van der Waals surface area contributed by atoms with Gasteiger partial charge in [-0.25, -0.2) is 4.79 Å². The Hall–Kier alpha value is -2.05. The molecule has 0 N–H and O–H groups in total. The Morgan fingerprint density at radius 1 is 1.28 bits per heavy atom. The maximum absolute atomic E-state index is 12.9. The number of carbonyl (C=O) groups excluding carboxylic acids is 2. The van der Waals surface area contributed by atoms with Gasteiger partial charge in [0, 0.05) is 44.4 Å². The van der Waals surface area contributed by atoms with Crippen LogP contribution in [-0.4, -0.2) is 56.8 Å². The SMILES string of the molecule is CN(C(=O)c1nn(C)c2c1CN(C(=O)OC(C)(C)C)CC2)C1CCC1. The predicted molar refractivity (Wildman–Crippen MR) is 93.3 cm³/mol. The van der Waals surface area contributed by atoms with Gasteiger partial charge in [-0.15, -0.1) is 0 Å². The Morgan fingerprint density at radius 2 is 1.96 bits per heavy atom. The van der Waals surface area contributed by atoms with E-state index in [1.807, 2.05) is 34.9 Å². The average molecular weight is 348 g/mol. The first-order valence-electron chi connectivity index (χ1n) is 8.97. The molecule has 0 unspecified atom stereocenters. The Labute approximate surface area is 148 Å². The monoisotopic (exact) mass is 348 g/mol. The minimum absolute atomic E-state index is 0.0485. The van der Waals surface area contributed by atoms with E-state index in [1.165, 1.54) is 6.42 Å². The average Bonchev–Trinajstić information content (AvgIpc) is 2.79. The minimum atomic E-state index is -0.532. The summed E-state index contributed by atoms with van der Waals surface area (Å²) in [7, 11) is 3.71. The first kappa shape index (κ1) is 17.8. The number of carbonyl (C=O) groups is 2. The number of ether oxygens (including phenoxy) is 1. The molecule has 25 heavy (non-hydrogen) atoms. The van der Waals surface area contributed by atoms with E-state index >= 15 is 0 Å². The molecule has 2 aliphatic rings. The topological polar surface area (TPSA) is 67.7 Å². The number of rotatable bonds is 2. The van der Waals surface area contributed by atoms with Gasteiger partial charge in [-0.1, -0.05) is 0 Å². The van der Waals surface area contributed by atoms with Crippen LogP contribution in [0.1, 0.15) is 61.8 Å². The van der Waals surface area contributed by atoms with Crippen molar-refractivity contribution >= 4 is 12.0 Å². The number of hydrogen-bond donors (Lipinski definition) is 0. The fraction of sp³-hybridized carbons (Fsp3) is 0.722. The summed E-state index contributed by atoms with van der Waals surface area (Å²) in [5.41, 5.74) is 1.83. The highest BCUT2D eigenvalue weighted by Gasteiger charge is 2.34. The van der Waals surface area contributed by atoms with Gasteiger partial charge >= 0.3 is 6.09 Å². The standard InChI is InChI=1S/C18H28N4O3/c1-18(2,3)25-17(24)22-10-9-14-13(11-22)15(19-21(14)5)16(23)20(4)12-7-6-8-12/h12H,6-11H2,1-5H3. The molecule has 1 saturated carbocycles. The molecule has 7 nitrogen and oxygen atoms in total. The number of amides is 2. The van der Waals surface area contributed by atoms with Crippen molar-refractivity contribution in [1.29, 1.82) is 0 Å². The summed E-state index contributed by atoms with van der Waals surface area (Å²) in [5, 5.41) is 4.47. The summed E-state index contributed by atoms with van der Waals surface area (Å²) >= 11 is 0. The molecule has 1 aromatic heterocycles. The lowest BCUT2D eigenvalue weighted by Gasteiger charge is -2.35. The molecule has 0 atom stereocenters. The number of hydrogen-bond acceptors (Lipinski definition) is 4. The van der Waals surface area contributed by atoms with Gasteiger partial charge in [0.2, 0.25) is 0 Å². The van der Waals surface area contributed by atoms with Gasteiger partial charge in [0.25, 0.3) is 5.91 Å². The van der Waals surface area contributed by atoms with Crippen LogP contribution in [0.5, 0.6) is 0 Å². The Kier molecular flexibility index (Phi) is 4.51. The summed E-state index contributed by atoms with van der Waals surface area (Å²) in [5.74, 6) is -0.0485. The number of aromatic nitrogens is 2. The molecule has 1 fully saturated rings. The second-order valence-electron chi connectivity index (χ2n) is 8.05. The summed E-state index contributed by atoms with van der Waals surface area (Å²) in [6, 6.07) is 0.315. The van der Waals surface area contributed by atoms with Crippen LogP contribution in [0.3, 0.4) is 0 Å². The fourth-order valence-corrected chi connectivity index (χ4v) is 3.35. The molecule has 0 radical (unpaired) electrons. The molecule has 0 spiro atoms. The van der Waals surface area contributed by atoms with Crippen molar-refractivity contribution in [3.63, 3.8) is 0 Å². The third-order valence-corrected chi connectivity index (χ3v) is 5.04. The van der Waals surface area contributed by atoms with Crippen LogP contribution in [0.2, 0.25) is 0 Å². The third-order valence-electron chi connectivity index (χ3n) is 5.04. The maximum Gasteiger partial charge on any atom is 0.410 e. The fourth-order valence-electron chi connectivity index (χ4n) is 3.35. The van der Waals surface area contributed by atoms with E-state index in [1.54, 1.807) is 14.5 Å². The highest BCUT2D eigenvalue weighted by atomic mass is 16.6. The van der Waals surface area contributed by atoms with Crippen molar-refractivity contribution in [3.05, 3.63) is 17.0 Å². The van der Waals surface area contributed by atoms with Gasteiger partial charge in [0.15, 0.2) is 5.69 Å². The van der Waals surface area contributed by atoms with Gasteiger partial charge in [0.1, 0.15) is 5.60 Å². The zero-order chi connectivity index (χ0) is 18.4. The second kappa shape index (κ2) is 6.35. The lowest BCUT2D eigenvalue weighted by molar-refractivity contribution is 0.0220. The van der Waals surface area contributed by atoms with E-state index < -0.39 is 5.60 Å². The van der Waals surface area contributed by atoms with Crippen LogP contribution in [0, 0.1) is 0 Å². The van der Waals surface area contributed by atoms with E-state index in [0.29, 0.717) is 31.2 Å². The molecule has 2 amide bonds. The molecule has 138 valence electrons. The van der Waals surface area contributed by atoms with E-state index in [-0.39, 0.29) is 12.0 Å². The summed E-state index contributed by atoms with van der Waals surface area (Å²) in [6.45, 7) is 6.51. The summed E-state index contributed by atoms with van der Waals surface area (Å²) < 4.78 is 7.26. The predicted octanol–water partition coefficient (Wildman–Crippen LogP) is 2.34. The molecule has 0 aromatic carbocycles. The van der Waals surface area contributed by atoms with Crippen molar-refractivity contribution in [2.75, 3.05) is 13.6 Å². The first-order chi connectivity index (χ1) is 11.7. The molecule has 3 rings (SSSR count). The number of aryl methyl sites for hydroxylation is 1. The van der Waals surface area contributed by atoms with E-state index in [2.05, 4.69) is 5.10 Å². The van der Waals surface area contributed by atoms with E-state index in [9.17, 15) is 9.59 Å². The molecule has 2 heterocycles. The highest BCUT2D eigenvalue weighted by molar-refractivity contribution is 5.94. The lowest BCUT2D eigenvalue weighted by Crippen LogP contribution is -2.43. The van der Waals surface area contributed by atoms with Crippen LogP contribution in [0.15, 0.2) is 0 Å². The smallest absolute Gasteiger partial charge is 0.410 e. The molecular weight excluding hydrogens is 320 g/mol. The lowest BCUT2D eigenvalue weighted by atomic mass is 9.91. The Balaban J connectivity index is 1.81. The Bertz CT molecular complexity index is 685. The third kappa shape index (κ3) is 3.50. The quantitative estimate of drug-likeness (QED) is 0.823.